The molecule has 2 N–H and O–H groups in total. The van der Waals surface area contributed by atoms with Gasteiger partial charge in [-0.2, -0.15) is 0 Å². The van der Waals surface area contributed by atoms with E-state index < -0.39 is 6.17 Å². The van der Waals surface area contributed by atoms with Gasteiger partial charge in [-0.3, -0.25) is 9.59 Å². The van der Waals surface area contributed by atoms with Crippen molar-refractivity contribution in [3.8, 4) is 0 Å². The van der Waals surface area contributed by atoms with Crippen LogP contribution in [0.15, 0.2) is 48.5 Å². The van der Waals surface area contributed by atoms with Gasteiger partial charge in [-0.05, 0) is 60.6 Å². The number of amides is 2. The normalized spacial score (nSPS) is 20.2. The van der Waals surface area contributed by atoms with Gasteiger partial charge in [0.2, 0.25) is 22.1 Å². The van der Waals surface area contributed by atoms with Crippen molar-refractivity contribution in [1.82, 2.24) is 20.4 Å². The third kappa shape index (κ3) is 7.20. The molecule has 0 bridgehead atoms. The number of nitrogens with one attached hydrogen (secondary N) is 2. The molecular formula is C33H37FN8O2S2. The van der Waals surface area contributed by atoms with Crippen LogP contribution in [0.5, 0.6) is 0 Å². The Morgan fingerprint density at radius 1 is 0.783 bits per heavy atom. The number of carbonyl (C=O) groups is 2. The summed E-state index contributed by atoms with van der Waals surface area (Å²) in [7, 11) is 0. The lowest BCUT2D eigenvalue weighted by atomic mass is 9.82. The second kappa shape index (κ2) is 13.4. The first-order chi connectivity index (χ1) is 22.3. The standard InChI is InChI=1S/C33H37FN8O2S2/c1-20-16-41(17-20)26-9-2-5-21(11-26)13-28(43)35-32-39-37-30(45-32)23-7-4-8-24(15-23)31-38-40-33(46-31)36-29(44)14-22-6-3-10-27(12-22)42-18-25(34)19-42/h2-3,5-6,9-12,20,23-25H,4,7-8,13-19H2,1H3,(H,35,39,43)(H,36,40,44)/t23-,24-/m0/s1. The third-order valence-corrected chi connectivity index (χ3v) is 10.9. The minimum absolute atomic E-state index is 0.0967. The highest BCUT2D eigenvalue weighted by molar-refractivity contribution is 7.15. The van der Waals surface area contributed by atoms with Gasteiger partial charge in [0, 0.05) is 36.3 Å². The summed E-state index contributed by atoms with van der Waals surface area (Å²) in [5.74, 6) is 0.908. The highest BCUT2D eigenvalue weighted by Gasteiger charge is 2.30. The molecule has 0 spiro atoms. The molecular weight excluding hydrogens is 624 g/mol. The van der Waals surface area contributed by atoms with Gasteiger partial charge in [-0.15, -0.1) is 20.4 Å². The zero-order valence-electron chi connectivity index (χ0n) is 25.7. The molecule has 2 amide bonds. The molecule has 2 aromatic heterocycles. The summed E-state index contributed by atoms with van der Waals surface area (Å²) in [6.07, 6.45) is 3.63. The van der Waals surface area contributed by atoms with Crippen molar-refractivity contribution in [2.24, 2.45) is 5.92 Å². The second-order valence-electron chi connectivity index (χ2n) is 12.8. The highest BCUT2D eigenvalue weighted by Crippen LogP contribution is 2.43. The molecule has 13 heteroatoms. The summed E-state index contributed by atoms with van der Waals surface area (Å²) in [6, 6.07) is 15.9. The van der Waals surface area contributed by atoms with Gasteiger partial charge in [-0.25, -0.2) is 4.39 Å². The lowest BCUT2D eigenvalue weighted by molar-refractivity contribution is -0.116. The molecule has 240 valence electrons. The molecule has 0 unspecified atom stereocenters. The zero-order valence-corrected chi connectivity index (χ0v) is 27.3. The van der Waals surface area contributed by atoms with Crippen molar-refractivity contribution in [1.29, 1.82) is 0 Å². The zero-order chi connectivity index (χ0) is 31.6. The van der Waals surface area contributed by atoms with E-state index in [-0.39, 0.29) is 30.1 Å². The average molecular weight is 661 g/mol. The van der Waals surface area contributed by atoms with Gasteiger partial charge in [0.1, 0.15) is 16.2 Å². The lowest BCUT2D eigenvalue weighted by Gasteiger charge is -2.39. The van der Waals surface area contributed by atoms with E-state index in [1.54, 1.807) is 0 Å². The number of nitrogens with zero attached hydrogens (tertiary/aromatic N) is 6. The minimum atomic E-state index is -0.778. The molecule has 3 aliphatic rings. The SMILES string of the molecule is CC1CN(c2cccc(CC(=O)Nc3nnc([C@H]4CCC[C@H](c5nnc(NC(=O)Cc6cccc(N7CC(F)C7)c6)s5)C4)s3)c2)C1. The van der Waals surface area contributed by atoms with Crippen molar-refractivity contribution >= 4 is 56.1 Å². The maximum atomic E-state index is 13.3. The van der Waals surface area contributed by atoms with E-state index in [4.69, 9.17) is 0 Å². The molecule has 2 aliphatic heterocycles. The fourth-order valence-corrected chi connectivity index (χ4v) is 8.32. The Labute approximate surface area is 275 Å². The Kier molecular flexibility index (Phi) is 8.94. The minimum Gasteiger partial charge on any atom is -0.371 e. The van der Waals surface area contributed by atoms with E-state index in [1.807, 2.05) is 41.3 Å². The number of halogens is 1. The van der Waals surface area contributed by atoms with Crippen molar-refractivity contribution in [2.75, 3.05) is 46.6 Å². The van der Waals surface area contributed by atoms with Crippen LogP contribution in [0.25, 0.3) is 0 Å². The molecule has 7 rings (SSSR count). The monoisotopic (exact) mass is 660 g/mol. The van der Waals surface area contributed by atoms with E-state index in [9.17, 15) is 14.0 Å². The van der Waals surface area contributed by atoms with Crippen LogP contribution in [0.3, 0.4) is 0 Å². The molecule has 2 atom stereocenters. The Morgan fingerprint density at radius 2 is 1.28 bits per heavy atom. The van der Waals surface area contributed by atoms with Crippen LogP contribution in [-0.4, -0.2) is 64.6 Å². The predicted molar refractivity (Wildman–Crippen MR) is 180 cm³/mol. The van der Waals surface area contributed by atoms with Crippen LogP contribution in [0.2, 0.25) is 0 Å². The second-order valence-corrected chi connectivity index (χ2v) is 14.8. The first kappa shape index (κ1) is 30.7. The highest BCUT2D eigenvalue weighted by atomic mass is 32.1. The quantitative estimate of drug-likeness (QED) is 0.219. The van der Waals surface area contributed by atoms with Crippen molar-refractivity contribution in [2.45, 2.75) is 63.5 Å². The molecule has 3 fully saturated rings. The Bertz CT molecular complexity index is 1580. The molecule has 10 nitrogen and oxygen atoms in total. The molecule has 1 saturated carbocycles. The molecule has 46 heavy (non-hydrogen) atoms. The van der Waals surface area contributed by atoms with E-state index in [0.29, 0.717) is 35.7 Å². The van der Waals surface area contributed by atoms with Crippen LogP contribution in [0.1, 0.15) is 65.6 Å². The topological polar surface area (TPSA) is 116 Å². The molecule has 4 heterocycles. The number of benzene rings is 2. The number of anilines is 4. The van der Waals surface area contributed by atoms with Gasteiger partial charge >= 0.3 is 0 Å². The maximum Gasteiger partial charge on any atom is 0.230 e. The summed E-state index contributed by atoms with van der Waals surface area (Å²) < 4.78 is 13.3. The van der Waals surface area contributed by atoms with Crippen LogP contribution in [-0.2, 0) is 22.4 Å². The van der Waals surface area contributed by atoms with Gasteiger partial charge in [0.25, 0.3) is 0 Å². The van der Waals surface area contributed by atoms with Crippen LogP contribution in [0, 0.1) is 5.92 Å². The van der Waals surface area contributed by atoms with Crippen LogP contribution in [0.4, 0.5) is 26.0 Å². The first-order valence-electron chi connectivity index (χ1n) is 15.9. The maximum absolute atomic E-state index is 13.3. The number of aromatic nitrogens is 4. The Balaban J connectivity index is 0.904. The first-order valence-corrected chi connectivity index (χ1v) is 17.6. The Morgan fingerprint density at radius 3 is 1.76 bits per heavy atom. The van der Waals surface area contributed by atoms with Gasteiger partial charge in [-0.1, -0.05) is 60.3 Å². The number of carbonyl (C=O) groups excluding carboxylic acids is 2. The fourth-order valence-electron chi connectivity index (χ4n) is 6.51. The third-order valence-electron chi connectivity index (χ3n) is 8.93. The van der Waals surface area contributed by atoms with Gasteiger partial charge in [0.05, 0.1) is 25.9 Å². The van der Waals surface area contributed by atoms with Crippen molar-refractivity contribution in [3.63, 3.8) is 0 Å². The van der Waals surface area contributed by atoms with Gasteiger partial charge < -0.3 is 20.4 Å². The van der Waals surface area contributed by atoms with E-state index in [2.05, 4.69) is 55.0 Å². The van der Waals surface area contributed by atoms with E-state index >= 15 is 0 Å². The fraction of sp³-hybridized carbons (Fsp3) is 0.455. The lowest BCUT2D eigenvalue weighted by Crippen LogP contribution is -2.48. The van der Waals surface area contributed by atoms with Crippen LogP contribution < -0.4 is 20.4 Å². The van der Waals surface area contributed by atoms with Gasteiger partial charge in [0.15, 0.2) is 0 Å². The molecule has 0 radical (unpaired) electrons. The number of alkyl halides is 1. The largest absolute Gasteiger partial charge is 0.371 e. The van der Waals surface area contributed by atoms with Crippen molar-refractivity contribution in [3.05, 3.63) is 69.7 Å². The molecule has 2 saturated heterocycles. The summed E-state index contributed by atoms with van der Waals surface area (Å²) >= 11 is 2.87. The molecule has 4 aromatic rings. The average Bonchev–Trinajstić information content (AvgIpc) is 3.68. The number of hydrogen-bond donors (Lipinski definition) is 2. The Hall–Kier alpha value is -3.97. The van der Waals surface area contributed by atoms with Crippen molar-refractivity contribution < 1.29 is 14.0 Å². The smallest absolute Gasteiger partial charge is 0.230 e. The number of hydrogen-bond acceptors (Lipinski definition) is 10. The molecule has 2 aromatic carbocycles. The van der Waals surface area contributed by atoms with E-state index in [1.165, 1.54) is 28.4 Å². The summed E-state index contributed by atoms with van der Waals surface area (Å²) in [4.78, 5) is 29.9. The van der Waals surface area contributed by atoms with Crippen LogP contribution >= 0.6 is 22.7 Å². The summed E-state index contributed by atoms with van der Waals surface area (Å²) in [5, 5.41) is 26.1. The molecule has 1 aliphatic carbocycles. The summed E-state index contributed by atoms with van der Waals surface area (Å²) in [6.45, 7) is 5.16. The number of rotatable bonds is 10. The summed E-state index contributed by atoms with van der Waals surface area (Å²) in [5.41, 5.74) is 3.96. The van der Waals surface area contributed by atoms with E-state index in [0.717, 1.165) is 65.6 Å². The predicted octanol–water partition coefficient (Wildman–Crippen LogP) is 5.81.